The second kappa shape index (κ2) is 6.71. The zero-order valence-corrected chi connectivity index (χ0v) is 18.8. The fourth-order valence-electron chi connectivity index (χ4n) is 4.63. The molecule has 0 saturated carbocycles. The molecule has 3 nitrogen and oxygen atoms in total. The van der Waals surface area contributed by atoms with Crippen LogP contribution in [0.15, 0.2) is 83.3 Å². The van der Waals surface area contributed by atoms with E-state index in [0.29, 0.717) is 0 Å². The molecule has 0 atom stereocenters. The molecule has 6 rings (SSSR count). The van der Waals surface area contributed by atoms with Gasteiger partial charge < -0.3 is 13.7 Å². The van der Waals surface area contributed by atoms with Crippen molar-refractivity contribution in [2.45, 2.75) is 38.9 Å². The minimum Gasteiger partial charge on any atom is -0.455 e. The summed E-state index contributed by atoms with van der Waals surface area (Å²) >= 11 is 0. The second-order valence-corrected chi connectivity index (χ2v) is 9.66. The molecule has 0 spiro atoms. The van der Waals surface area contributed by atoms with Crippen LogP contribution in [-0.4, -0.2) is 18.3 Å². The summed E-state index contributed by atoms with van der Waals surface area (Å²) in [6.07, 6.45) is 0. The largest absolute Gasteiger partial charge is 0.494 e. The first-order chi connectivity index (χ1) is 15.3. The first-order valence-corrected chi connectivity index (χ1v) is 11.1. The summed E-state index contributed by atoms with van der Waals surface area (Å²) in [5.74, 6) is 0. The van der Waals surface area contributed by atoms with E-state index in [9.17, 15) is 0 Å². The Balaban J connectivity index is 1.59. The lowest BCUT2D eigenvalue weighted by atomic mass is 9.77. The minimum absolute atomic E-state index is 0.376. The van der Waals surface area contributed by atoms with Crippen LogP contribution in [-0.2, 0) is 9.31 Å². The van der Waals surface area contributed by atoms with Crippen LogP contribution in [0.2, 0.25) is 0 Å². The number of furan rings is 1. The van der Waals surface area contributed by atoms with Gasteiger partial charge in [-0.05, 0) is 61.6 Å². The molecular formula is C28H25BO3. The van der Waals surface area contributed by atoms with E-state index in [1.807, 2.05) is 12.1 Å². The molecule has 1 fully saturated rings. The predicted molar refractivity (Wildman–Crippen MR) is 132 cm³/mol. The van der Waals surface area contributed by atoms with Gasteiger partial charge in [0.05, 0.1) is 11.2 Å². The van der Waals surface area contributed by atoms with Crippen LogP contribution in [0.5, 0.6) is 0 Å². The Morgan fingerprint density at radius 2 is 1.34 bits per heavy atom. The maximum absolute atomic E-state index is 6.42. The van der Waals surface area contributed by atoms with E-state index in [1.165, 1.54) is 10.8 Å². The number of hydrogen-bond acceptors (Lipinski definition) is 3. The summed E-state index contributed by atoms with van der Waals surface area (Å²) in [6, 6.07) is 27.4. The molecule has 0 aliphatic carbocycles. The van der Waals surface area contributed by atoms with E-state index in [1.54, 1.807) is 0 Å². The van der Waals surface area contributed by atoms with Gasteiger partial charge in [-0.25, -0.2) is 0 Å². The molecule has 1 aliphatic rings. The van der Waals surface area contributed by atoms with Crippen LogP contribution in [0.25, 0.3) is 43.8 Å². The van der Waals surface area contributed by atoms with Crippen LogP contribution >= 0.6 is 0 Å². The van der Waals surface area contributed by atoms with E-state index in [0.717, 1.165) is 38.5 Å². The van der Waals surface area contributed by atoms with Gasteiger partial charge in [0.25, 0.3) is 0 Å². The standard InChI is InChI=1S/C28H25BO3/c1-27(2)28(3,4)32-29(31-27)20-12-9-11-19(16-20)25-21-13-6-5-10-18(21)17-23-22-14-7-8-15-24(22)30-26(23)25/h5-17H,1-4H3. The van der Waals surface area contributed by atoms with Crippen LogP contribution < -0.4 is 5.46 Å². The van der Waals surface area contributed by atoms with Crippen molar-refractivity contribution in [2.75, 3.05) is 0 Å². The molecule has 0 N–H and O–H groups in total. The lowest BCUT2D eigenvalue weighted by molar-refractivity contribution is 0.00578. The maximum atomic E-state index is 6.42. The van der Waals surface area contributed by atoms with Crippen LogP contribution in [0.3, 0.4) is 0 Å². The fourth-order valence-corrected chi connectivity index (χ4v) is 4.63. The zero-order chi connectivity index (χ0) is 22.1. The van der Waals surface area contributed by atoms with Gasteiger partial charge in [0.2, 0.25) is 0 Å². The molecule has 4 aromatic carbocycles. The average molecular weight is 420 g/mol. The molecule has 1 aromatic heterocycles. The van der Waals surface area contributed by atoms with Crippen molar-refractivity contribution >= 4 is 45.3 Å². The Kier molecular flexibility index (Phi) is 4.11. The summed E-state index contributed by atoms with van der Waals surface area (Å²) < 4.78 is 19.1. The highest BCUT2D eigenvalue weighted by Crippen LogP contribution is 2.41. The molecule has 1 saturated heterocycles. The summed E-state index contributed by atoms with van der Waals surface area (Å²) in [4.78, 5) is 0. The van der Waals surface area contributed by atoms with Gasteiger partial charge in [-0.3, -0.25) is 0 Å². The molecule has 4 heteroatoms. The molecule has 2 heterocycles. The molecule has 32 heavy (non-hydrogen) atoms. The Hall–Kier alpha value is -3.08. The van der Waals surface area contributed by atoms with Gasteiger partial charge in [0, 0.05) is 16.3 Å². The van der Waals surface area contributed by atoms with Crippen molar-refractivity contribution in [1.82, 2.24) is 0 Å². The fraction of sp³-hybridized carbons (Fsp3) is 0.214. The van der Waals surface area contributed by atoms with Gasteiger partial charge in [-0.2, -0.15) is 0 Å². The van der Waals surface area contributed by atoms with E-state index in [4.69, 9.17) is 13.7 Å². The third-order valence-corrected chi connectivity index (χ3v) is 7.09. The van der Waals surface area contributed by atoms with Gasteiger partial charge in [0.15, 0.2) is 0 Å². The Morgan fingerprint density at radius 3 is 2.12 bits per heavy atom. The highest BCUT2D eigenvalue weighted by atomic mass is 16.7. The van der Waals surface area contributed by atoms with Gasteiger partial charge >= 0.3 is 7.12 Å². The molecular weight excluding hydrogens is 395 g/mol. The average Bonchev–Trinajstić information content (AvgIpc) is 3.25. The molecule has 0 amide bonds. The number of benzene rings is 4. The number of fused-ring (bicyclic) bond motifs is 4. The summed E-state index contributed by atoms with van der Waals surface area (Å²) in [5.41, 5.74) is 4.28. The van der Waals surface area contributed by atoms with Crippen LogP contribution in [0.4, 0.5) is 0 Å². The third kappa shape index (κ3) is 2.83. The van der Waals surface area contributed by atoms with Gasteiger partial charge in [0.1, 0.15) is 11.2 Å². The van der Waals surface area contributed by atoms with E-state index >= 15 is 0 Å². The lowest BCUT2D eigenvalue weighted by Gasteiger charge is -2.32. The van der Waals surface area contributed by atoms with E-state index < -0.39 is 7.12 Å². The molecule has 158 valence electrons. The van der Waals surface area contributed by atoms with Crippen molar-refractivity contribution in [1.29, 1.82) is 0 Å². The van der Waals surface area contributed by atoms with Crippen molar-refractivity contribution in [3.63, 3.8) is 0 Å². The minimum atomic E-state index is -0.402. The highest BCUT2D eigenvalue weighted by molar-refractivity contribution is 6.62. The topological polar surface area (TPSA) is 31.6 Å². The zero-order valence-electron chi connectivity index (χ0n) is 18.8. The smallest absolute Gasteiger partial charge is 0.455 e. The van der Waals surface area contributed by atoms with Crippen molar-refractivity contribution in [2.24, 2.45) is 0 Å². The normalized spacial score (nSPS) is 17.6. The van der Waals surface area contributed by atoms with Crippen molar-refractivity contribution in [3.05, 3.63) is 78.9 Å². The first kappa shape index (κ1) is 19.6. The second-order valence-electron chi connectivity index (χ2n) is 9.66. The van der Waals surface area contributed by atoms with E-state index in [-0.39, 0.29) is 11.2 Å². The van der Waals surface area contributed by atoms with Crippen molar-refractivity contribution < 1.29 is 13.7 Å². The summed E-state index contributed by atoms with van der Waals surface area (Å²) in [5, 5.41) is 4.64. The maximum Gasteiger partial charge on any atom is 0.494 e. The number of para-hydroxylation sites is 1. The molecule has 0 radical (unpaired) electrons. The molecule has 0 bridgehead atoms. The lowest BCUT2D eigenvalue weighted by Crippen LogP contribution is -2.41. The Bertz CT molecular complexity index is 1480. The summed E-state index contributed by atoms with van der Waals surface area (Å²) in [6.45, 7) is 8.33. The van der Waals surface area contributed by atoms with E-state index in [2.05, 4.69) is 94.4 Å². The predicted octanol–water partition coefficient (Wildman–Crippen LogP) is 6.71. The molecule has 0 unspecified atom stereocenters. The number of hydrogen-bond donors (Lipinski definition) is 0. The van der Waals surface area contributed by atoms with Crippen molar-refractivity contribution in [3.8, 4) is 11.1 Å². The third-order valence-electron chi connectivity index (χ3n) is 7.09. The SMILES string of the molecule is CC1(C)OB(c2cccc(-c3c4ccccc4cc4c3oc3ccccc34)c2)OC1(C)C. The molecule has 5 aromatic rings. The van der Waals surface area contributed by atoms with Gasteiger partial charge in [-0.15, -0.1) is 0 Å². The first-order valence-electron chi connectivity index (χ1n) is 11.1. The number of rotatable bonds is 2. The Labute approximate surface area is 188 Å². The van der Waals surface area contributed by atoms with Gasteiger partial charge in [-0.1, -0.05) is 66.7 Å². The summed E-state index contributed by atoms with van der Waals surface area (Å²) in [7, 11) is -0.402. The monoisotopic (exact) mass is 420 g/mol. The quantitative estimate of drug-likeness (QED) is 0.298. The van der Waals surface area contributed by atoms with Crippen LogP contribution in [0.1, 0.15) is 27.7 Å². The highest BCUT2D eigenvalue weighted by Gasteiger charge is 2.51. The Morgan fingerprint density at radius 1 is 0.656 bits per heavy atom. The molecule has 1 aliphatic heterocycles. The van der Waals surface area contributed by atoms with Crippen LogP contribution in [0, 0.1) is 0 Å².